The highest BCUT2D eigenvalue weighted by atomic mass is 16.1. The van der Waals surface area contributed by atoms with Crippen LogP contribution in [0.25, 0.3) is 11.0 Å². The van der Waals surface area contributed by atoms with Gasteiger partial charge in [0.05, 0.1) is 5.56 Å². The molecule has 0 fully saturated rings. The van der Waals surface area contributed by atoms with Crippen molar-refractivity contribution in [3.05, 3.63) is 83.7 Å². The van der Waals surface area contributed by atoms with Crippen molar-refractivity contribution in [1.82, 2.24) is 9.97 Å². The Balaban J connectivity index is 1.34. The van der Waals surface area contributed by atoms with E-state index >= 15 is 0 Å². The van der Waals surface area contributed by atoms with Crippen LogP contribution in [0.15, 0.2) is 67.0 Å². The number of pyridine rings is 1. The molecule has 2 aromatic carbocycles. The van der Waals surface area contributed by atoms with Crippen LogP contribution in [0.5, 0.6) is 0 Å². The third-order valence-corrected chi connectivity index (χ3v) is 6.25. The highest BCUT2D eigenvalue weighted by Gasteiger charge is 2.27. The first-order chi connectivity index (χ1) is 15.5. The third kappa shape index (κ3) is 3.80. The average Bonchev–Trinajstić information content (AvgIpc) is 3.20. The molecule has 6 nitrogen and oxygen atoms in total. The van der Waals surface area contributed by atoms with Crippen LogP contribution >= 0.6 is 0 Å². The Morgan fingerprint density at radius 3 is 2.91 bits per heavy atom. The first-order valence-corrected chi connectivity index (χ1v) is 10.9. The van der Waals surface area contributed by atoms with Crippen molar-refractivity contribution in [2.24, 2.45) is 0 Å². The monoisotopic (exact) mass is 425 g/mol. The molecule has 32 heavy (non-hydrogen) atoms. The van der Waals surface area contributed by atoms with Gasteiger partial charge in [-0.1, -0.05) is 32.0 Å². The summed E-state index contributed by atoms with van der Waals surface area (Å²) in [5.74, 6) is -0.135. The molecule has 162 valence electrons. The summed E-state index contributed by atoms with van der Waals surface area (Å²) in [5, 5.41) is 11.0. The van der Waals surface area contributed by atoms with Gasteiger partial charge in [-0.3, -0.25) is 4.79 Å². The average molecular weight is 426 g/mol. The number of para-hydroxylation sites is 1. The van der Waals surface area contributed by atoms with E-state index in [0.717, 1.165) is 46.6 Å². The zero-order chi connectivity index (χ0) is 22.1. The zero-order valence-electron chi connectivity index (χ0n) is 18.3. The van der Waals surface area contributed by atoms with Crippen molar-refractivity contribution in [3.8, 4) is 0 Å². The summed E-state index contributed by atoms with van der Waals surface area (Å²) >= 11 is 0. The molecule has 5 rings (SSSR count). The predicted molar refractivity (Wildman–Crippen MR) is 130 cm³/mol. The van der Waals surface area contributed by atoms with Crippen LogP contribution in [-0.4, -0.2) is 22.4 Å². The molecule has 6 heteroatoms. The summed E-state index contributed by atoms with van der Waals surface area (Å²) in [7, 11) is 0. The fraction of sp³-hybridized carbons (Fsp3) is 0.231. The number of amides is 1. The van der Waals surface area contributed by atoms with Crippen LogP contribution in [-0.2, 0) is 12.0 Å². The number of carbonyl (C=O) groups excluding carboxylic acids is 1. The van der Waals surface area contributed by atoms with E-state index in [-0.39, 0.29) is 11.3 Å². The van der Waals surface area contributed by atoms with Gasteiger partial charge < -0.3 is 20.9 Å². The SMILES string of the molecule is CC1(C)CCNc2cc(NC(=O)c3ccccc3NCc3c[nH]c4ncccc34)ccc21. The molecule has 0 radical (unpaired) electrons. The van der Waals surface area contributed by atoms with Crippen LogP contribution in [0.3, 0.4) is 0 Å². The van der Waals surface area contributed by atoms with Gasteiger partial charge in [-0.15, -0.1) is 0 Å². The minimum absolute atomic E-state index is 0.135. The second-order valence-electron chi connectivity index (χ2n) is 8.89. The molecular weight excluding hydrogens is 398 g/mol. The molecule has 0 spiro atoms. The second-order valence-corrected chi connectivity index (χ2v) is 8.89. The second kappa shape index (κ2) is 8.04. The number of H-pyrrole nitrogens is 1. The van der Waals surface area contributed by atoms with Gasteiger partial charge in [-0.25, -0.2) is 4.98 Å². The van der Waals surface area contributed by atoms with Gasteiger partial charge in [0.1, 0.15) is 5.65 Å². The number of aromatic amines is 1. The van der Waals surface area contributed by atoms with Crippen LogP contribution in [0.1, 0.15) is 41.8 Å². The summed E-state index contributed by atoms with van der Waals surface area (Å²) in [6, 6.07) is 17.7. The van der Waals surface area contributed by atoms with Gasteiger partial charge in [0.25, 0.3) is 5.91 Å². The Hall–Kier alpha value is -3.80. The van der Waals surface area contributed by atoms with E-state index in [1.807, 2.05) is 54.7 Å². The first kappa shape index (κ1) is 20.1. The standard InChI is InChI=1S/C26H27N5O/c1-26(2)11-13-27-23-14-18(9-10-21(23)26)31-25(32)20-6-3-4-8-22(20)29-15-17-16-30-24-19(17)7-5-12-28-24/h3-10,12,14,16,27,29H,11,13,15H2,1-2H3,(H,28,30)(H,31,32). The van der Waals surface area contributed by atoms with Crippen molar-refractivity contribution in [3.63, 3.8) is 0 Å². The Bertz CT molecular complexity index is 1290. The van der Waals surface area contributed by atoms with Crippen LogP contribution in [0.4, 0.5) is 17.1 Å². The summed E-state index contributed by atoms with van der Waals surface area (Å²) in [6.45, 7) is 6.05. The summed E-state index contributed by atoms with van der Waals surface area (Å²) in [4.78, 5) is 20.6. The lowest BCUT2D eigenvalue weighted by Gasteiger charge is -2.33. The normalized spacial score (nSPS) is 14.4. The Morgan fingerprint density at radius 2 is 2.00 bits per heavy atom. The van der Waals surface area contributed by atoms with Gasteiger partial charge in [0, 0.05) is 47.9 Å². The quantitative estimate of drug-likeness (QED) is 0.339. The number of fused-ring (bicyclic) bond motifs is 2. The fourth-order valence-corrected chi connectivity index (χ4v) is 4.39. The van der Waals surface area contributed by atoms with Crippen LogP contribution in [0, 0.1) is 0 Å². The van der Waals surface area contributed by atoms with Crippen LogP contribution in [0.2, 0.25) is 0 Å². The number of nitrogens with one attached hydrogen (secondary N) is 4. The molecule has 2 aromatic heterocycles. The van der Waals surface area contributed by atoms with Gasteiger partial charge in [-0.05, 0) is 59.4 Å². The number of hydrogen-bond donors (Lipinski definition) is 4. The van der Waals surface area contributed by atoms with Crippen molar-refractivity contribution < 1.29 is 4.79 Å². The van der Waals surface area contributed by atoms with Crippen molar-refractivity contribution in [1.29, 1.82) is 0 Å². The molecule has 1 aliphatic heterocycles. The number of anilines is 3. The van der Waals surface area contributed by atoms with E-state index in [2.05, 4.69) is 45.8 Å². The Kier molecular flexibility index (Phi) is 5.05. The molecule has 4 aromatic rings. The molecule has 0 saturated carbocycles. The number of carbonyl (C=O) groups is 1. The number of benzene rings is 2. The van der Waals surface area contributed by atoms with E-state index in [1.54, 1.807) is 6.20 Å². The molecule has 0 unspecified atom stereocenters. The predicted octanol–water partition coefficient (Wildman–Crippen LogP) is 5.52. The molecule has 0 bridgehead atoms. The van der Waals surface area contributed by atoms with Gasteiger partial charge >= 0.3 is 0 Å². The highest BCUT2D eigenvalue weighted by Crippen LogP contribution is 2.38. The number of rotatable bonds is 5. The van der Waals surface area contributed by atoms with Crippen molar-refractivity contribution in [2.75, 3.05) is 22.5 Å². The molecule has 1 amide bonds. The van der Waals surface area contributed by atoms with Gasteiger partial charge in [-0.2, -0.15) is 0 Å². The van der Waals surface area contributed by atoms with Crippen LogP contribution < -0.4 is 16.0 Å². The summed E-state index contributed by atoms with van der Waals surface area (Å²) in [5.41, 5.74) is 6.67. The summed E-state index contributed by atoms with van der Waals surface area (Å²) < 4.78 is 0. The van der Waals surface area contributed by atoms with E-state index in [4.69, 9.17) is 0 Å². The largest absolute Gasteiger partial charge is 0.385 e. The van der Waals surface area contributed by atoms with Crippen molar-refractivity contribution >= 4 is 34.0 Å². The van der Waals surface area contributed by atoms with E-state index in [9.17, 15) is 4.79 Å². The number of hydrogen-bond acceptors (Lipinski definition) is 4. The van der Waals surface area contributed by atoms with E-state index < -0.39 is 0 Å². The molecule has 3 heterocycles. The van der Waals surface area contributed by atoms with Crippen molar-refractivity contribution in [2.45, 2.75) is 32.2 Å². The molecular formula is C26H27N5O. The third-order valence-electron chi connectivity index (χ3n) is 6.25. The number of aromatic nitrogens is 2. The molecule has 4 N–H and O–H groups in total. The molecule has 0 atom stereocenters. The molecule has 1 aliphatic rings. The molecule has 0 aliphatic carbocycles. The lowest BCUT2D eigenvalue weighted by atomic mass is 9.78. The number of nitrogens with zero attached hydrogens (tertiary/aromatic N) is 1. The minimum Gasteiger partial charge on any atom is -0.385 e. The fourth-order valence-electron chi connectivity index (χ4n) is 4.39. The lowest BCUT2D eigenvalue weighted by molar-refractivity contribution is 0.102. The smallest absolute Gasteiger partial charge is 0.257 e. The topological polar surface area (TPSA) is 81.8 Å². The zero-order valence-corrected chi connectivity index (χ0v) is 18.3. The van der Waals surface area contributed by atoms with Gasteiger partial charge in [0.2, 0.25) is 0 Å². The van der Waals surface area contributed by atoms with E-state index in [1.165, 1.54) is 5.56 Å². The van der Waals surface area contributed by atoms with E-state index in [0.29, 0.717) is 12.1 Å². The highest BCUT2D eigenvalue weighted by molar-refractivity contribution is 6.08. The minimum atomic E-state index is -0.135. The first-order valence-electron chi connectivity index (χ1n) is 10.9. The Labute approximate surface area is 187 Å². The maximum absolute atomic E-state index is 13.1. The Morgan fingerprint density at radius 1 is 1.12 bits per heavy atom. The lowest BCUT2D eigenvalue weighted by Crippen LogP contribution is -2.28. The maximum Gasteiger partial charge on any atom is 0.257 e. The molecule has 0 saturated heterocycles. The maximum atomic E-state index is 13.1. The van der Waals surface area contributed by atoms with Gasteiger partial charge in [0.15, 0.2) is 0 Å². The summed E-state index contributed by atoms with van der Waals surface area (Å²) in [6.07, 6.45) is 4.82.